The minimum absolute atomic E-state index is 0.0740. The van der Waals surface area contributed by atoms with E-state index in [-0.39, 0.29) is 24.7 Å². The zero-order valence-corrected chi connectivity index (χ0v) is 10.2. The summed E-state index contributed by atoms with van der Waals surface area (Å²) in [5.41, 5.74) is 0. The van der Waals surface area contributed by atoms with E-state index in [1.54, 1.807) is 7.11 Å². The number of morpholine rings is 1. The second-order valence-electron chi connectivity index (χ2n) is 4.27. The summed E-state index contributed by atoms with van der Waals surface area (Å²) in [6, 6.07) is 0.283. The molecule has 1 heterocycles. The van der Waals surface area contributed by atoms with Gasteiger partial charge in [-0.2, -0.15) is 0 Å². The van der Waals surface area contributed by atoms with Crippen LogP contribution in [-0.2, 0) is 14.3 Å². The van der Waals surface area contributed by atoms with Gasteiger partial charge in [0, 0.05) is 26.2 Å². The van der Waals surface area contributed by atoms with Gasteiger partial charge >= 0.3 is 5.97 Å². The average molecular weight is 231 g/mol. The van der Waals surface area contributed by atoms with Crippen LogP contribution in [0.25, 0.3) is 0 Å². The maximum absolute atomic E-state index is 10.6. The average Bonchev–Trinajstić information content (AvgIpc) is 2.26. The maximum atomic E-state index is 10.6. The molecule has 0 bridgehead atoms. The van der Waals surface area contributed by atoms with Crippen LogP contribution in [0.4, 0.5) is 0 Å². The summed E-state index contributed by atoms with van der Waals surface area (Å²) in [5, 5.41) is 8.72. The summed E-state index contributed by atoms with van der Waals surface area (Å²) >= 11 is 0. The number of nitrogens with zero attached hydrogens (tertiary/aromatic N) is 1. The Labute approximate surface area is 96.3 Å². The van der Waals surface area contributed by atoms with E-state index >= 15 is 0 Å². The van der Waals surface area contributed by atoms with Crippen LogP contribution in [0.2, 0.25) is 0 Å². The molecule has 0 aromatic rings. The standard InChI is InChI=1S/C11H21NO4/c1-8(9(2)15-3)12-4-5-16-10(7-12)6-11(13)14/h8-10H,4-7H2,1-3H3,(H,13,14). The van der Waals surface area contributed by atoms with Crippen LogP contribution in [-0.4, -0.2) is 61.0 Å². The summed E-state index contributed by atoms with van der Waals surface area (Å²) in [4.78, 5) is 12.8. The lowest BCUT2D eigenvalue weighted by Gasteiger charge is -2.38. The predicted molar refractivity (Wildman–Crippen MR) is 59.5 cm³/mol. The van der Waals surface area contributed by atoms with Gasteiger partial charge in [0.15, 0.2) is 0 Å². The van der Waals surface area contributed by atoms with Gasteiger partial charge in [-0.15, -0.1) is 0 Å². The van der Waals surface area contributed by atoms with E-state index in [4.69, 9.17) is 14.6 Å². The number of carboxylic acid groups (broad SMARTS) is 1. The Morgan fingerprint density at radius 3 is 2.88 bits per heavy atom. The summed E-state index contributed by atoms with van der Waals surface area (Å²) in [6.07, 6.45) is 0.0197. The fourth-order valence-electron chi connectivity index (χ4n) is 1.92. The lowest BCUT2D eigenvalue weighted by Crippen LogP contribution is -2.50. The molecule has 5 nitrogen and oxygen atoms in total. The molecule has 16 heavy (non-hydrogen) atoms. The Morgan fingerprint density at radius 1 is 1.62 bits per heavy atom. The number of hydrogen-bond donors (Lipinski definition) is 1. The van der Waals surface area contributed by atoms with Gasteiger partial charge in [-0.05, 0) is 13.8 Å². The molecular formula is C11H21NO4. The Bertz CT molecular complexity index is 234. The number of carbonyl (C=O) groups is 1. The summed E-state index contributed by atoms with van der Waals surface area (Å²) in [5.74, 6) is -0.806. The summed E-state index contributed by atoms with van der Waals surface area (Å²) in [7, 11) is 1.69. The highest BCUT2D eigenvalue weighted by molar-refractivity contribution is 5.67. The van der Waals surface area contributed by atoms with Crippen molar-refractivity contribution >= 4 is 5.97 Å². The molecule has 0 radical (unpaired) electrons. The predicted octanol–water partition coefficient (Wildman–Crippen LogP) is 0.585. The maximum Gasteiger partial charge on any atom is 0.306 e. The van der Waals surface area contributed by atoms with E-state index < -0.39 is 5.97 Å². The Morgan fingerprint density at radius 2 is 2.31 bits per heavy atom. The van der Waals surface area contributed by atoms with Crippen LogP contribution < -0.4 is 0 Å². The van der Waals surface area contributed by atoms with Crippen molar-refractivity contribution in [1.82, 2.24) is 4.90 Å². The molecule has 0 aromatic heterocycles. The minimum atomic E-state index is -0.806. The van der Waals surface area contributed by atoms with Gasteiger partial charge in [0.25, 0.3) is 0 Å². The highest BCUT2D eigenvalue weighted by atomic mass is 16.5. The second kappa shape index (κ2) is 6.18. The monoisotopic (exact) mass is 231 g/mol. The number of rotatable bonds is 5. The fourth-order valence-corrected chi connectivity index (χ4v) is 1.92. The molecule has 5 heteroatoms. The van der Waals surface area contributed by atoms with Crippen LogP contribution >= 0.6 is 0 Å². The molecule has 3 atom stereocenters. The number of ether oxygens (including phenoxy) is 2. The van der Waals surface area contributed by atoms with Crippen LogP contribution in [0, 0.1) is 0 Å². The van der Waals surface area contributed by atoms with Crippen LogP contribution in [0.5, 0.6) is 0 Å². The SMILES string of the molecule is COC(C)C(C)N1CCOC(CC(=O)O)C1. The third kappa shape index (κ3) is 3.73. The molecule has 1 N–H and O–H groups in total. The lowest BCUT2D eigenvalue weighted by atomic mass is 10.1. The first kappa shape index (κ1) is 13.4. The van der Waals surface area contributed by atoms with Gasteiger partial charge in [-0.1, -0.05) is 0 Å². The number of hydrogen-bond acceptors (Lipinski definition) is 4. The van der Waals surface area contributed by atoms with E-state index in [2.05, 4.69) is 11.8 Å². The van der Waals surface area contributed by atoms with Crippen molar-refractivity contribution in [3.8, 4) is 0 Å². The molecule has 0 aromatic carbocycles. The van der Waals surface area contributed by atoms with Crippen molar-refractivity contribution in [3.63, 3.8) is 0 Å². The third-order valence-corrected chi connectivity index (χ3v) is 3.20. The number of methoxy groups -OCH3 is 1. The first-order valence-corrected chi connectivity index (χ1v) is 5.64. The second-order valence-corrected chi connectivity index (χ2v) is 4.27. The van der Waals surface area contributed by atoms with E-state index in [1.165, 1.54) is 0 Å². The molecule has 1 aliphatic heterocycles. The normalized spacial score (nSPS) is 26.3. The Kier molecular flexibility index (Phi) is 5.18. The lowest BCUT2D eigenvalue weighted by molar-refractivity contribution is -0.143. The van der Waals surface area contributed by atoms with E-state index in [0.29, 0.717) is 13.2 Å². The summed E-state index contributed by atoms with van der Waals surface area (Å²) in [6.45, 7) is 6.22. The molecule has 1 saturated heterocycles. The molecule has 0 saturated carbocycles. The zero-order valence-electron chi connectivity index (χ0n) is 10.2. The molecular weight excluding hydrogens is 210 g/mol. The highest BCUT2D eigenvalue weighted by Gasteiger charge is 2.28. The van der Waals surface area contributed by atoms with E-state index in [1.807, 2.05) is 6.92 Å². The van der Waals surface area contributed by atoms with Crippen molar-refractivity contribution in [3.05, 3.63) is 0 Å². The van der Waals surface area contributed by atoms with Gasteiger partial charge in [-0.3, -0.25) is 9.69 Å². The van der Waals surface area contributed by atoms with Gasteiger partial charge in [0.05, 0.1) is 25.2 Å². The quantitative estimate of drug-likeness (QED) is 0.750. The first-order chi connectivity index (χ1) is 7.54. The Hall–Kier alpha value is -0.650. The van der Waals surface area contributed by atoms with Gasteiger partial charge in [-0.25, -0.2) is 0 Å². The van der Waals surface area contributed by atoms with Crippen LogP contribution in [0.3, 0.4) is 0 Å². The van der Waals surface area contributed by atoms with Crippen molar-refractivity contribution in [2.45, 2.75) is 38.5 Å². The first-order valence-electron chi connectivity index (χ1n) is 5.64. The number of aliphatic carboxylic acids is 1. The molecule has 0 spiro atoms. The van der Waals surface area contributed by atoms with Crippen molar-refractivity contribution in [2.24, 2.45) is 0 Å². The molecule has 1 fully saturated rings. The minimum Gasteiger partial charge on any atom is -0.481 e. The Balaban J connectivity index is 2.46. The zero-order chi connectivity index (χ0) is 12.1. The molecule has 0 amide bonds. The van der Waals surface area contributed by atoms with E-state index in [0.717, 1.165) is 6.54 Å². The van der Waals surface area contributed by atoms with Gasteiger partial charge < -0.3 is 14.6 Å². The number of carboxylic acids is 1. The van der Waals surface area contributed by atoms with Crippen LogP contribution in [0.15, 0.2) is 0 Å². The topological polar surface area (TPSA) is 59.0 Å². The third-order valence-electron chi connectivity index (χ3n) is 3.20. The smallest absolute Gasteiger partial charge is 0.306 e. The highest BCUT2D eigenvalue weighted by Crippen LogP contribution is 2.14. The van der Waals surface area contributed by atoms with Crippen molar-refractivity contribution < 1.29 is 19.4 Å². The van der Waals surface area contributed by atoms with Gasteiger partial charge in [0.2, 0.25) is 0 Å². The largest absolute Gasteiger partial charge is 0.481 e. The molecule has 94 valence electrons. The fraction of sp³-hybridized carbons (Fsp3) is 0.909. The van der Waals surface area contributed by atoms with Crippen LogP contribution in [0.1, 0.15) is 20.3 Å². The molecule has 0 aliphatic carbocycles. The van der Waals surface area contributed by atoms with E-state index in [9.17, 15) is 4.79 Å². The van der Waals surface area contributed by atoms with Crippen molar-refractivity contribution in [1.29, 1.82) is 0 Å². The summed E-state index contributed by atoms with van der Waals surface area (Å²) < 4.78 is 10.7. The van der Waals surface area contributed by atoms with Crippen molar-refractivity contribution in [2.75, 3.05) is 26.8 Å². The molecule has 1 aliphatic rings. The molecule has 1 rings (SSSR count). The van der Waals surface area contributed by atoms with Gasteiger partial charge in [0.1, 0.15) is 0 Å². The molecule has 3 unspecified atom stereocenters.